The fourth-order valence-corrected chi connectivity index (χ4v) is 8.55. The van der Waals surface area contributed by atoms with Crippen LogP contribution in [0.2, 0.25) is 0 Å². The number of likely N-dealkylation sites (tertiary alicyclic amines) is 1. The van der Waals surface area contributed by atoms with Crippen molar-refractivity contribution in [3.05, 3.63) is 95.1 Å². The van der Waals surface area contributed by atoms with Crippen LogP contribution in [0.15, 0.2) is 72.8 Å². The van der Waals surface area contributed by atoms with E-state index in [1.165, 1.54) is 18.1 Å². The maximum atomic E-state index is 13.5. The van der Waals surface area contributed by atoms with Gasteiger partial charge < -0.3 is 19.1 Å². The Morgan fingerprint density at radius 1 is 1.07 bits per heavy atom. The van der Waals surface area contributed by atoms with Crippen molar-refractivity contribution in [2.75, 3.05) is 27.2 Å². The number of methoxy groups -OCH3 is 1. The fraction of sp³-hybridized carbons (Fsp3) is 0.405. The van der Waals surface area contributed by atoms with Crippen LogP contribution in [0.4, 0.5) is 0 Å². The van der Waals surface area contributed by atoms with E-state index in [2.05, 4.69) is 22.8 Å². The molecule has 2 aliphatic carbocycles. The predicted molar refractivity (Wildman–Crippen MR) is 166 cm³/mol. The van der Waals surface area contributed by atoms with E-state index in [1.807, 2.05) is 78.7 Å². The highest BCUT2D eigenvalue weighted by Crippen LogP contribution is 2.64. The number of benzene rings is 3. The van der Waals surface area contributed by atoms with Gasteiger partial charge in [-0.15, -0.1) is 0 Å². The van der Waals surface area contributed by atoms with Gasteiger partial charge in [0.15, 0.2) is 11.5 Å². The van der Waals surface area contributed by atoms with Gasteiger partial charge in [-0.25, -0.2) is 0 Å². The molecule has 2 heterocycles. The van der Waals surface area contributed by atoms with Crippen molar-refractivity contribution in [3.8, 4) is 23.3 Å². The molecule has 6 atom stereocenters. The minimum atomic E-state index is -0.338. The molecule has 0 aromatic heterocycles. The number of nitrogens with zero attached hydrogens (tertiary/aromatic N) is 2. The number of hydrogen-bond donors (Lipinski definition) is 0. The summed E-state index contributed by atoms with van der Waals surface area (Å²) in [5.74, 6) is 7.38. The molecule has 0 radical (unpaired) electrons. The Morgan fingerprint density at radius 2 is 1.82 bits per heavy atom. The zero-order chi connectivity index (χ0) is 30.4. The first-order valence-electron chi connectivity index (χ1n) is 15.6. The minimum Gasteiger partial charge on any atom is -0.493 e. The number of piperidine rings is 1. The molecule has 1 amide bonds. The summed E-state index contributed by atoms with van der Waals surface area (Å²) in [5, 5.41) is 0. The molecule has 44 heavy (non-hydrogen) atoms. The first-order valence-corrected chi connectivity index (χ1v) is 15.6. The molecule has 2 aliphatic heterocycles. The van der Waals surface area contributed by atoms with E-state index in [9.17, 15) is 9.59 Å². The van der Waals surface area contributed by atoms with Crippen molar-refractivity contribution in [2.45, 2.75) is 62.3 Å². The lowest BCUT2D eigenvalue weighted by atomic mass is 9.51. The molecule has 0 N–H and O–H groups in total. The highest BCUT2D eigenvalue weighted by molar-refractivity contribution is 5.94. The maximum absolute atomic E-state index is 13.5. The number of esters is 1. The fourth-order valence-electron chi connectivity index (χ4n) is 8.55. The van der Waals surface area contributed by atoms with Crippen molar-refractivity contribution in [1.82, 2.24) is 9.80 Å². The van der Waals surface area contributed by atoms with Gasteiger partial charge in [-0.2, -0.15) is 0 Å². The number of carbonyl (C=O) groups excluding carboxylic acids is 2. The largest absolute Gasteiger partial charge is 0.493 e. The van der Waals surface area contributed by atoms with Crippen LogP contribution in [-0.2, 0) is 26.2 Å². The summed E-state index contributed by atoms with van der Waals surface area (Å²) in [6.07, 6.45) is 3.06. The zero-order valence-electron chi connectivity index (χ0n) is 25.5. The van der Waals surface area contributed by atoms with Gasteiger partial charge in [-0.05, 0) is 67.5 Å². The Labute approximate surface area is 259 Å². The molecule has 4 aliphatic rings. The Morgan fingerprint density at radius 3 is 2.55 bits per heavy atom. The Hall–Kier alpha value is -4.28. The summed E-state index contributed by atoms with van der Waals surface area (Å²) in [5.41, 5.74) is 4.17. The van der Waals surface area contributed by atoms with Gasteiger partial charge >= 0.3 is 5.97 Å². The van der Waals surface area contributed by atoms with Gasteiger partial charge in [0, 0.05) is 49.0 Å². The molecule has 3 aromatic carbocycles. The monoisotopic (exact) mass is 590 g/mol. The molecule has 1 unspecified atom stereocenters. The number of hydrogen-bond acceptors (Lipinski definition) is 6. The van der Waals surface area contributed by atoms with E-state index in [1.54, 1.807) is 7.11 Å². The number of ether oxygens (including phenoxy) is 3. The van der Waals surface area contributed by atoms with Crippen LogP contribution in [0.1, 0.15) is 54.5 Å². The summed E-state index contributed by atoms with van der Waals surface area (Å²) in [6, 6.07) is 24.0. The van der Waals surface area contributed by atoms with E-state index < -0.39 is 0 Å². The molecule has 3 aromatic rings. The van der Waals surface area contributed by atoms with Crippen LogP contribution in [0.5, 0.6) is 11.5 Å². The summed E-state index contributed by atoms with van der Waals surface area (Å²) in [7, 11) is 3.56. The Kier molecular flexibility index (Phi) is 7.34. The number of likely N-dealkylation sites (N-methyl/N-ethyl adjacent to an activating group) is 1. The molecular formula is C37H38N2O5. The molecule has 1 saturated heterocycles. The quantitative estimate of drug-likeness (QED) is 0.300. The van der Waals surface area contributed by atoms with E-state index in [0.717, 1.165) is 54.9 Å². The third-order valence-electron chi connectivity index (χ3n) is 10.4. The van der Waals surface area contributed by atoms with Gasteiger partial charge in [0.1, 0.15) is 12.2 Å². The summed E-state index contributed by atoms with van der Waals surface area (Å²) in [4.78, 5) is 30.0. The summed E-state index contributed by atoms with van der Waals surface area (Å²) < 4.78 is 18.6. The smallest absolute Gasteiger partial charge is 0.303 e. The summed E-state index contributed by atoms with van der Waals surface area (Å²) in [6.45, 7) is 2.97. The first-order chi connectivity index (χ1) is 21.4. The standard InChI is InChI=1S/C37H38N2O5/c1-24(40)43-32(26-12-8-5-9-13-26)23-39-21-20-37-28-16-17-29(38(2)33(41)19-14-25-10-6-4-7-11-25)36(37)44-35-31(42-3)18-15-27(34(35)37)22-30(28)39/h4-13,15,18,28-30,32,36H,16-17,20-23H2,1-3H3/t28-,29+,30+,32?,36-,37-/m0/s1. The second kappa shape index (κ2) is 11.3. The van der Waals surface area contributed by atoms with Crippen LogP contribution in [0.25, 0.3) is 0 Å². The lowest BCUT2D eigenvalue weighted by Crippen LogP contribution is -2.69. The van der Waals surface area contributed by atoms with Crippen LogP contribution < -0.4 is 9.47 Å². The van der Waals surface area contributed by atoms with Crippen LogP contribution in [-0.4, -0.2) is 67.1 Å². The Balaban J connectivity index is 1.22. The van der Waals surface area contributed by atoms with E-state index in [4.69, 9.17) is 14.2 Å². The number of amides is 1. The third-order valence-corrected chi connectivity index (χ3v) is 10.4. The molecule has 1 spiro atoms. The van der Waals surface area contributed by atoms with Crippen molar-refractivity contribution in [1.29, 1.82) is 0 Å². The topological polar surface area (TPSA) is 68.3 Å². The van der Waals surface area contributed by atoms with Gasteiger partial charge in [0.25, 0.3) is 5.91 Å². The summed E-state index contributed by atoms with van der Waals surface area (Å²) >= 11 is 0. The molecule has 2 fully saturated rings. The second-order valence-electron chi connectivity index (χ2n) is 12.5. The first kappa shape index (κ1) is 28.5. The number of carbonyl (C=O) groups is 2. The van der Waals surface area contributed by atoms with Crippen LogP contribution in [0.3, 0.4) is 0 Å². The van der Waals surface area contributed by atoms with Crippen molar-refractivity contribution in [3.63, 3.8) is 0 Å². The highest BCUT2D eigenvalue weighted by atomic mass is 16.5. The van der Waals surface area contributed by atoms with Gasteiger partial charge in [-0.3, -0.25) is 14.5 Å². The van der Waals surface area contributed by atoms with E-state index in [-0.39, 0.29) is 41.6 Å². The lowest BCUT2D eigenvalue weighted by molar-refractivity contribution is -0.150. The molecular weight excluding hydrogens is 552 g/mol. The minimum absolute atomic E-state index is 0.114. The average Bonchev–Trinajstić information content (AvgIpc) is 3.39. The predicted octanol–water partition coefficient (Wildman–Crippen LogP) is 4.92. The lowest BCUT2D eigenvalue weighted by Gasteiger charge is -2.60. The molecule has 7 nitrogen and oxygen atoms in total. The maximum Gasteiger partial charge on any atom is 0.303 e. The van der Waals surface area contributed by atoms with Crippen molar-refractivity contribution >= 4 is 11.9 Å². The average molecular weight is 591 g/mol. The van der Waals surface area contributed by atoms with Gasteiger partial charge in [0.05, 0.1) is 13.2 Å². The second-order valence-corrected chi connectivity index (χ2v) is 12.5. The molecule has 7 rings (SSSR count). The SMILES string of the molecule is COc1ccc2c3c1O[C@H]1[C@H](N(C)C(=O)C#Cc4ccccc4)CC[C@H]4[C@@H](C2)N(CC(OC(C)=O)c2ccccc2)CC[C@@]341. The van der Waals surface area contributed by atoms with Crippen LogP contribution >= 0.6 is 0 Å². The van der Waals surface area contributed by atoms with Gasteiger partial charge in [0.2, 0.25) is 0 Å². The van der Waals surface area contributed by atoms with E-state index >= 15 is 0 Å². The van der Waals surface area contributed by atoms with Crippen molar-refractivity contribution < 1.29 is 23.8 Å². The zero-order valence-corrected chi connectivity index (χ0v) is 25.5. The van der Waals surface area contributed by atoms with Crippen molar-refractivity contribution in [2.24, 2.45) is 5.92 Å². The molecule has 7 heteroatoms. The third kappa shape index (κ3) is 4.64. The van der Waals surface area contributed by atoms with Gasteiger partial charge in [-0.1, -0.05) is 60.5 Å². The molecule has 226 valence electrons. The number of rotatable bonds is 6. The Bertz CT molecular complexity index is 1630. The molecule has 1 saturated carbocycles. The van der Waals surface area contributed by atoms with Crippen LogP contribution in [0, 0.1) is 17.8 Å². The highest BCUT2D eigenvalue weighted by Gasteiger charge is 2.66. The normalized spacial score (nSPS) is 26.7. The molecule has 2 bridgehead atoms. The van der Waals surface area contributed by atoms with E-state index in [0.29, 0.717) is 12.5 Å².